The molecule has 2 aliphatic heterocycles. The van der Waals surface area contributed by atoms with Crippen molar-refractivity contribution in [3.8, 4) is 5.75 Å². The third kappa shape index (κ3) is 6.36. The van der Waals surface area contributed by atoms with Gasteiger partial charge in [-0.15, -0.1) is 0 Å². The lowest BCUT2D eigenvalue weighted by Gasteiger charge is -2.30. The van der Waals surface area contributed by atoms with Crippen LogP contribution >= 0.6 is 23.1 Å². The first kappa shape index (κ1) is 32.7. The van der Waals surface area contributed by atoms with Crippen LogP contribution in [0.2, 0.25) is 0 Å². The van der Waals surface area contributed by atoms with Gasteiger partial charge in [0, 0.05) is 22.0 Å². The fourth-order valence-corrected chi connectivity index (χ4v) is 8.19. The van der Waals surface area contributed by atoms with E-state index in [-0.39, 0.29) is 30.3 Å². The predicted molar refractivity (Wildman–Crippen MR) is 178 cm³/mol. The number of carbonyl (C=O) groups is 5. The van der Waals surface area contributed by atoms with Crippen LogP contribution in [0.1, 0.15) is 50.9 Å². The van der Waals surface area contributed by atoms with Crippen LogP contribution in [-0.4, -0.2) is 59.7 Å². The minimum absolute atomic E-state index is 0.208. The van der Waals surface area contributed by atoms with Crippen molar-refractivity contribution < 1.29 is 38.2 Å². The van der Waals surface area contributed by atoms with E-state index in [4.69, 9.17) is 14.2 Å². The summed E-state index contributed by atoms with van der Waals surface area (Å²) in [6.45, 7) is 3.48. The van der Waals surface area contributed by atoms with Gasteiger partial charge in [-0.05, 0) is 68.4 Å². The molecule has 0 bridgehead atoms. The lowest BCUT2D eigenvalue weighted by molar-refractivity contribution is -0.122. The quantitative estimate of drug-likeness (QED) is 0.178. The summed E-state index contributed by atoms with van der Waals surface area (Å²) in [5.74, 6) is -3.67. The number of esters is 2. The van der Waals surface area contributed by atoms with E-state index in [1.54, 1.807) is 62.4 Å². The van der Waals surface area contributed by atoms with Crippen LogP contribution in [-0.2, 0) is 23.9 Å². The summed E-state index contributed by atoms with van der Waals surface area (Å²) in [5.41, 5.74) is 1.93. The van der Waals surface area contributed by atoms with Crippen molar-refractivity contribution in [1.82, 2.24) is 4.98 Å². The summed E-state index contributed by atoms with van der Waals surface area (Å²) in [4.78, 5) is 81.6. The molecular weight excluding hydrogens is 659 g/mol. The molecule has 0 radical (unpaired) electrons. The van der Waals surface area contributed by atoms with Crippen molar-refractivity contribution in [2.75, 3.05) is 30.0 Å². The Hall–Kier alpha value is -5.21. The third-order valence-corrected chi connectivity index (χ3v) is 10.2. The first-order valence-electron chi connectivity index (χ1n) is 15.0. The second-order valence-electron chi connectivity index (χ2n) is 10.7. The zero-order valence-electron chi connectivity index (χ0n) is 25.7. The van der Waals surface area contributed by atoms with E-state index in [0.717, 1.165) is 28.0 Å². The molecule has 3 heterocycles. The molecule has 2 N–H and O–H groups in total. The highest BCUT2D eigenvalue weighted by molar-refractivity contribution is 8.00. The van der Waals surface area contributed by atoms with Crippen molar-refractivity contribution in [3.05, 3.63) is 104 Å². The number of benzene rings is 3. The first-order chi connectivity index (χ1) is 23.2. The number of hydrogen-bond donors (Lipinski definition) is 2. The molecule has 3 aromatic carbocycles. The Morgan fingerprint density at radius 1 is 0.833 bits per heavy atom. The van der Waals surface area contributed by atoms with E-state index < -0.39 is 46.7 Å². The number of aromatic nitrogens is 1. The minimum Gasteiger partial charge on any atom is -0.483 e. The fourth-order valence-electron chi connectivity index (χ4n) is 5.68. The highest BCUT2D eigenvalue weighted by Gasteiger charge is 2.56. The number of para-hydroxylation sites is 1. The van der Waals surface area contributed by atoms with Gasteiger partial charge >= 0.3 is 16.8 Å². The number of aromatic amines is 1. The number of fused-ring (bicyclic) bond motifs is 2. The van der Waals surface area contributed by atoms with Gasteiger partial charge in [0.15, 0.2) is 6.61 Å². The van der Waals surface area contributed by atoms with Crippen LogP contribution in [0.4, 0.5) is 11.4 Å². The van der Waals surface area contributed by atoms with Crippen LogP contribution < -0.4 is 19.8 Å². The SMILES string of the molecule is CCOC(=O)c1ccc(NC(=O)COc2ccccc2C2c3sc(=O)[nH]c3SC3C(=O)N(c4ccc(C(=O)OCC)cc4)C(=O)C32)cc1. The van der Waals surface area contributed by atoms with E-state index >= 15 is 0 Å². The molecule has 0 aliphatic carbocycles. The van der Waals surface area contributed by atoms with E-state index in [9.17, 15) is 28.8 Å². The lowest BCUT2D eigenvalue weighted by atomic mass is 9.82. The Kier molecular flexibility index (Phi) is 9.46. The lowest BCUT2D eigenvalue weighted by Crippen LogP contribution is -2.32. The van der Waals surface area contributed by atoms with Gasteiger partial charge in [0.1, 0.15) is 11.0 Å². The number of nitrogens with zero attached hydrogens (tertiary/aromatic N) is 1. The van der Waals surface area contributed by atoms with E-state index in [1.165, 1.54) is 24.3 Å². The molecule has 1 aromatic heterocycles. The average molecular weight is 688 g/mol. The molecule has 3 unspecified atom stereocenters. The van der Waals surface area contributed by atoms with E-state index in [2.05, 4.69) is 10.3 Å². The number of thiazole rings is 1. The van der Waals surface area contributed by atoms with Gasteiger partial charge in [-0.25, -0.2) is 14.5 Å². The molecule has 3 atom stereocenters. The number of thioether (sulfide) groups is 1. The number of rotatable bonds is 10. The Balaban J connectivity index is 1.25. The molecule has 14 heteroatoms. The second kappa shape index (κ2) is 13.9. The number of H-pyrrole nitrogens is 1. The molecular formula is C34H29N3O9S2. The van der Waals surface area contributed by atoms with Gasteiger partial charge in [-0.3, -0.25) is 19.2 Å². The summed E-state index contributed by atoms with van der Waals surface area (Å²) in [6, 6.07) is 19.2. The van der Waals surface area contributed by atoms with Crippen molar-refractivity contribution >= 4 is 64.1 Å². The smallest absolute Gasteiger partial charge is 0.338 e. The van der Waals surface area contributed by atoms with Gasteiger partial charge in [-0.1, -0.05) is 41.3 Å². The molecule has 3 amide bonds. The maximum absolute atomic E-state index is 14.1. The highest BCUT2D eigenvalue weighted by Crippen LogP contribution is 2.54. The third-order valence-electron chi connectivity index (χ3n) is 7.75. The number of ether oxygens (including phenoxy) is 3. The molecule has 48 heavy (non-hydrogen) atoms. The molecule has 6 rings (SSSR count). The zero-order chi connectivity index (χ0) is 33.9. The molecule has 12 nitrogen and oxygen atoms in total. The maximum Gasteiger partial charge on any atom is 0.338 e. The van der Waals surface area contributed by atoms with Crippen LogP contribution in [0.15, 0.2) is 82.6 Å². The average Bonchev–Trinajstić information content (AvgIpc) is 3.58. The molecule has 0 saturated carbocycles. The monoisotopic (exact) mass is 687 g/mol. The normalized spacial score (nSPS) is 18.1. The number of amides is 3. The standard InChI is InChI=1S/C34H29N3O9S2/c1-3-44-32(41)18-9-13-20(14-10-18)35-24(38)17-46-23-8-6-5-7-22(23)25-26-28(47-29-27(25)48-34(43)36-29)31(40)37(30(26)39)21-15-11-19(12-16-21)33(42)45-4-2/h5-16,25-26,28H,3-4,17H2,1-2H3,(H,35,38)(H,36,43). The number of nitrogens with one attached hydrogen (secondary N) is 2. The molecule has 4 aromatic rings. The van der Waals surface area contributed by atoms with E-state index in [0.29, 0.717) is 38.2 Å². The molecule has 2 aliphatic rings. The summed E-state index contributed by atoms with van der Waals surface area (Å²) in [7, 11) is 0. The van der Waals surface area contributed by atoms with Crippen LogP contribution in [0, 0.1) is 5.92 Å². The summed E-state index contributed by atoms with van der Waals surface area (Å²) >= 11 is 2.10. The first-order valence-corrected chi connectivity index (χ1v) is 16.7. The fraction of sp³-hybridized carbons (Fsp3) is 0.235. The Morgan fingerprint density at radius 2 is 1.46 bits per heavy atom. The summed E-state index contributed by atoms with van der Waals surface area (Å²) in [5, 5.41) is 2.37. The van der Waals surface area contributed by atoms with Gasteiger partial charge in [0.05, 0.1) is 41.0 Å². The second-order valence-corrected chi connectivity index (χ2v) is 12.9. The van der Waals surface area contributed by atoms with Gasteiger partial charge in [0.2, 0.25) is 11.8 Å². The molecule has 246 valence electrons. The van der Waals surface area contributed by atoms with Gasteiger partial charge in [-0.2, -0.15) is 0 Å². The van der Waals surface area contributed by atoms with Crippen LogP contribution in [0.3, 0.4) is 0 Å². The largest absolute Gasteiger partial charge is 0.483 e. The number of carbonyl (C=O) groups excluding carboxylic acids is 5. The van der Waals surface area contributed by atoms with Crippen molar-refractivity contribution in [1.29, 1.82) is 0 Å². The van der Waals surface area contributed by atoms with E-state index in [1.807, 2.05) is 0 Å². The maximum atomic E-state index is 14.1. The minimum atomic E-state index is -0.886. The van der Waals surface area contributed by atoms with Crippen LogP contribution in [0.5, 0.6) is 5.75 Å². The predicted octanol–water partition coefficient (Wildman–Crippen LogP) is 4.60. The van der Waals surface area contributed by atoms with Crippen molar-refractivity contribution in [2.24, 2.45) is 5.92 Å². The Bertz CT molecular complexity index is 1950. The number of anilines is 2. The zero-order valence-corrected chi connectivity index (χ0v) is 27.4. The van der Waals surface area contributed by atoms with Gasteiger partial charge < -0.3 is 24.5 Å². The van der Waals surface area contributed by atoms with Crippen molar-refractivity contribution in [3.63, 3.8) is 0 Å². The topological polar surface area (TPSA) is 161 Å². The number of hydrogen-bond acceptors (Lipinski definition) is 11. The molecule has 0 spiro atoms. The van der Waals surface area contributed by atoms with Gasteiger partial charge in [0.25, 0.3) is 5.91 Å². The van der Waals surface area contributed by atoms with Crippen molar-refractivity contribution in [2.45, 2.75) is 30.0 Å². The van der Waals surface area contributed by atoms with Crippen LogP contribution in [0.25, 0.3) is 0 Å². The summed E-state index contributed by atoms with van der Waals surface area (Å²) in [6.07, 6.45) is 0. The molecule has 1 fully saturated rings. The highest BCUT2D eigenvalue weighted by atomic mass is 32.2. The molecule has 1 saturated heterocycles. The summed E-state index contributed by atoms with van der Waals surface area (Å²) < 4.78 is 16.0. The Morgan fingerprint density at radius 3 is 2.10 bits per heavy atom. The Labute approximate surface area is 282 Å². The number of imide groups is 1.